The lowest BCUT2D eigenvalue weighted by Crippen LogP contribution is -2.46. The van der Waals surface area contributed by atoms with Gasteiger partial charge in [0.25, 0.3) is 5.56 Å². The zero-order valence-electron chi connectivity index (χ0n) is 18.5. The molecule has 1 atom stereocenters. The van der Waals surface area contributed by atoms with E-state index in [0.717, 1.165) is 24.2 Å². The van der Waals surface area contributed by atoms with E-state index < -0.39 is 17.2 Å². The molecule has 3 N–H and O–H groups in total. The number of benzene rings is 1. The number of fused-ring (bicyclic) bond motifs is 1. The number of carbonyl (C=O) groups excluding carboxylic acids is 1. The van der Waals surface area contributed by atoms with E-state index in [0.29, 0.717) is 31.8 Å². The molecule has 8 heteroatoms. The summed E-state index contributed by atoms with van der Waals surface area (Å²) in [5, 5.41) is 0. The second-order valence-electron chi connectivity index (χ2n) is 8.49. The molecule has 8 nitrogen and oxygen atoms in total. The Morgan fingerprint density at radius 3 is 2.77 bits per heavy atom. The van der Waals surface area contributed by atoms with E-state index in [9.17, 15) is 14.4 Å². The highest BCUT2D eigenvalue weighted by atomic mass is 16.5. The second-order valence-corrected chi connectivity index (χ2v) is 8.49. The highest BCUT2D eigenvalue weighted by molar-refractivity contribution is 5.97. The van der Waals surface area contributed by atoms with Crippen LogP contribution in [0.2, 0.25) is 0 Å². The smallest absolute Gasteiger partial charge is 0.330 e. The summed E-state index contributed by atoms with van der Waals surface area (Å²) in [6.45, 7) is 7.08. The molecule has 31 heavy (non-hydrogen) atoms. The lowest BCUT2D eigenvalue weighted by atomic mass is 9.95. The van der Waals surface area contributed by atoms with Crippen LogP contribution >= 0.6 is 0 Å². The van der Waals surface area contributed by atoms with Gasteiger partial charge < -0.3 is 15.4 Å². The quantitative estimate of drug-likeness (QED) is 0.671. The Kier molecular flexibility index (Phi) is 7.20. The van der Waals surface area contributed by atoms with Crippen molar-refractivity contribution in [2.45, 2.75) is 53.0 Å². The molecule has 0 radical (unpaired) electrons. The fourth-order valence-electron chi connectivity index (χ4n) is 3.80. The molecule has 0 aliphatic carbocycles. The zero-order valence-corrected chi connectivity index (χ0v) is 18.5. The third-order valence-electron chi connectivity index (χ3n) is 5.64. The van der Waals surface area contributed by atoms with E-state index >= 15 is 0 Å². The van der Waals surface area contributed by atoms with E-state index in [1.807, 2.05) is 31.2 Å². The van der Waals surface area contributed by atoms with Crippen LogP contribution in [0, 0.1) is 11.8 Å². The van der Waals surface area contributed by atoms with Crippen molar-refractivity contribution < 1.29 is 9.53 Å². The molecule has 168 valence electrons. The Morgan fingerprint density at radius 1 is 1.32 bits per heavy atom. The number of aromatic amines is 1. The Labute approximate surface area is 182 Å². The number of rotatable bonds is 8. The average Bonchev–Trinajstić information content (AvgIpc) is 2.74. The number of amides is 1. The van der Waals surface area contributed by atoms with E-state index in [1.54, 1.807) is 0 Å². The summed E-state index contributed by atoms with van der Waals surface area (Å²) in [6, 6.07) is 7.64. The first-order valence-electron chi connectivity index (χ1n) is 11.0. The summed E-state index contributed by atoms with van der Waals surface area (Å²) in [7, 11) is 0. The molecule has 1 aliphatic heterocycles. The predicted octanol–water partition coefficient (Wildman–Crippen LogP) is 2.55. The van der Waals surface area contributed by atoms with Crippen LogP contribution in [0.1, 0.15) is 45.6 Å². The molecule has 3 rings (SSSR count). The molecule has 0 spiro atoms. The van der Waals surface area contributed by atoms with Crippen molar-refractivity contribution >= 4 is 17.4 Å². The highest BCUT2D eigenvalue weighted by Crippen LogP contribution is 2.29. The van der Waals surface area contributed by atoms with E-state index in [-0.39, 0.29) is 24.0 Å². The Bertz CT molecular complexity index is 1040. The van der Waals surface area contributed by atoms with Gasteiger partial charge in [0.05, 0.1) is 5.92 Å². The fraction of sp³-hybridized carbons (Fsp3) is 0.522. The van der Waals surface area contributed by atoms with Gasteiger partial charge in [-0.2, -0.15) is 0 Å². The maximum atomic E-state index is 13.6. The van der Waals surface area contributed by atoms with Crippen LogP contribution in [0.25, 0.3) is 0 Å². The summed E-state index contributed by atoms with van der Waals surface area (Å²) < 4.78 is 7.16. The highest BCUT2D eigenvalue weighted by Gasteiger charge is 2.33. The fourth-order valence-corrected chi connectivity index (χ4v) is 3.80. The van der Waals surface area contributed by atoms with Gasteiger partial charge in [-0.25, -0.2) is 4.79 Å². The molecule has 0 saturated heterocycles. The molecule has 1 unspecified atom stereocenters. The number of carbonyl (C=O) groups is 1. The molecule has 2 aromatic rings. The van der Waals surface area contributed by atoms with Gasteiger partial charge >= 0.3 is 5.69 Å². The first-order chi connectivity index (χ1) is 14.8. The first kappa shape index (κ1) is 22.7. The summed E-state index contributed by atoms with van der Waals surface area (Å²) >= 11 is 0. The van der Waals surface area contributed by atoms with Crippen molar-refractivity contribution in [2.24, 2.45) is 11.8 Å². The van der Waals surface area contributed by atoms with Crippen molar-refractivity contribution in [1.29, 1.82) is 0 Å². The van der Waals surface area contributed by atoms with E-state index in [2.05, 4.69) is 18.8 Å². The molecular weight excluding hydrogens is 396 g/mol. The van der Waals surface area contributed by atoms with E-state index in [4.69, 9.17) is 10.5 Å². The van der Waals surface area contributed by atoms with Crippen molar-refractivity contribution in [1.82, 2.24) is 9.55 Å². The third kappa shape index (κ3) is 5.00. The van der Waals surface area contributed by atoms with Gasteiger partial charge in [-0.3, -0.25) is 19.1 Å². The topological polar surface area (TPSA) is 110 Å². The molecule has 1 aliphatic rings. The van der Waals surface area contributed by atoms with Gasteiger partial charge in [-0.15, -0.1) is 0 Å². The number of H-pyrrole nitrogens is 1. The standard InChI is InChI=1S/C23H32N4O4/c1-4-5-11-27-20(24)19(21(28)25-23(27)30)26(12-10-15(2)3)22(29)17-13-16-8-6-7-9-18(16)31-14-17/h6-9,15,17H,4-5,10-14,24H2,1-3H3,(H,25,28,30). The first-order valence-corrected chi connectivity index (χ1v) is 11.0. The van der Waals surface area contributed by atoms with Crippen LogP contribution < -0.4 is 26.6 Å². The Hall–Kier alpha value is -3.03. The molecule has 1 aromatic heterocycles. The number of hydrogen-bond acceptors (Lipinski definition) is 5. The number of nitrogens with zero attached hydrogens (tertiary/aromatic N) is 2. The number of nitrogens with one attached hydrogen (secondary N) is 1. The Morgan fingerprint density at radius 2 is 2.06 bits per heavy atom. The molecule has 0 saturated carbocycles. The number of nitrogens with two attached hydrogens (primary N) is 1. The average molecular weight is 429 g/mol. The van der Waals surface area contributed by atoms with Gasteiger partial charge in [-0.1, -0.05) is 45.4 Å². The minimum Gasteiger partial charge on any atom is -0.492 e. The predicted molar refractivity (Wildman–Crippen MR) is 122 cm³/mol. The second kappa shape index (κ2) is 9.85. The van der Waals surface area contributed by atoms with Gasteiger partial charge in [-0.05, 0) is 36.8 Å². The van der Waals surface area contributed by atoms with Crippen molar-refractivity contribution in [3.63, 3.8) is 0 Å². The number of hydrogen-bond donors (Lipinski definition) is 2. The minimum absolute atomic E-state index is 0.0384. The molecule has 1 amide bonds. The zero-order chi connectivity index (χ0) is 22.5. The van der Waals surface area contributed by atoms with Crippen LogP contribution in [0.3, 0.4) is 0 Å². The molecule has 1 aromatic carbocycles. The molecule has 2 heterocycles. The van der Waals surface area contributed by atoms with E-state index in [1.165, 1.54) is 9.47 Å². The molecular formula is C23H32N4O4. The number of aromatic nitrogens is 2. The number of anilines is 2. The van der Waals surface area contributed by atoms with Crippen molar-refractivity contribution in [3.05, 3.63) is 50.7 Å². The monoisotopic (exact) mass is 428 g/mol. The van der Waals surface area contributed by atoms with Gasteiger partial charge in [0, 0.05) is 13.1 Å². The summed E-state index contributed by atoms with van der Waals surface area (Å²) in [6.07, 6.45) is 2.83. The normalized spacial score (nSPS) is 15.4. The number of unbranched alkanes of at least 4 members (excludes halogenated alkanes) is 1. The SMILES string of the molecule is CCCCn1c(N)c(N(CCC(C)C)C(=O)C2COc3ccccc3C2)c(=O)[nH]c1=O. The summed E-state index contributed by atoms with van der Waals surface area (Å²) in [5.74, 6) is 0.497. The van der Waals surface area contributed by atoms with Crippen LogP contribution in [-0.4, -0.2) is 28.6 Å². The van der Waals surface area contributed by atoms with Crippen LogP contribution in [0.15, 0.2) is 33.9 Å². The maximum absolute atomic E-state index is 13.6. The number of nitrogen functional groups attached to an aromatic ring is 1. The third-order valence-corrected chi connectivity index (χ3v) is 5.64. The number of ether oxygens (including phenoxy) is 1. The van der Waals surface area contributed by atoms with Crippen LogP contribution in [-0.2, 0) is 17.8 Å². The largest absolute Gasteiger partial charge is 0.492 e. The Balaban J connectivity index is 1.99. The lowest BCUT2D eigenvalue weighted by molar-refractivity contribution is -0.123. The lowest BCUT2D eigenvalue weighted by Gasteiger charge is -2.31. The minimum atomic E-state index is -0.635. The molecule has 0 fully saturated rings. The molecule has 0 bridgehead atoms. The summed E-state index contributed by atoms with van der Waals surface area (Å²) in [5.41, 5.74) is 6.13. The number of para-hydroxylation sites is 1. The van der Waals surface area contributed by atoms with Gasteiger partial charge in [0.1, 0.15) is 18.2 Å². The van der Waals surface area contributed by atoms with Crippen molar-refractivity contribution in [2.75, 3.05) is 23.8 Å². The maximum Gasteiger partial charge on any atom is 0.330 e. The van der Waals surface area contributed by atoms with Gasteiger partial charge in [0.15, 0.2) is 5.69 Å². The van der Waals surface area contributed by atoms with Gasteiger partial charge in [0.2, 0.25) is 5.91 Å². The van der Waals surface area contributed by atoms with Crippen LogP contribution in [0.5, 0.6) is 5.75 Å². The van der Waals surface area contributed by atoms with Crippen LogP contribution in [0.4, 0.5) is 11.5 Å². The van der Waals surface area contributed by atoms with Crippen molar-refractivity contribution in [3.8, 4) is 5.75 Å². The summed E-state index contributed by atoms with van der Waals surface area (Å²) in [4.78, 5) is 42.5.